The SMILES string of the molecule is CCC(C)(C)C(=O)O.CCC(C)C(=O)OCCSc1ccc(S)s1.CCC(C)C(=O)OCCSc1ccc(S)s1.CCC(C)C(=O)OCCSc1n[nH]c(=S)s1.CCC(C)c1ccc(CSc2n[nH]c(=S)s2)cc1.CCC1(OC(=O)C(C)(C)CC)CCCC1.CCC1(OC(=O)C(C)(C)CC)CCCC1. The summed E-state index contributed by atoms with van der Waals surface area (Å²) in [6.45, 7) is 38.9. The number of carbonyl (C=O) groups is 6. The smallest absolute Gasteiger partial charge is 0.312 e. The largest absolute Gasteiger partial charge is 0.481 e. The quantitative estimate of drug-likeness (QED) is 0.00657. The summed E-state index contributed by atoms with van der Waals surface area (Å²) in [4.78, 5) is 68.3. The Balaban J connectivity index is 0.000000612. The number of aromatic amines is 2. The molecule has 4 heterocycles. The second-order valence-electron chi connectivity index (χ2n) is 27.5. The van der Waals surface area contributed by atoms with Crippen molar-refractivity contribution in [3.63, 3.8) is 0 Å². The second kappa shape index (κ2) is 53.1. The summed E-state index contributed by atoms with van der Waals surface area (Å²) in [5.41, 5.74) is 1.28. The van der Waals surface area contributed by atoms with Crippen molar-refractivity contribution in [1.82, 2.24) is 20.4 Å². The first-order valence-corrected chi connectivity index (χ1v) is 45.4. The van der Waals surface area contributed by atoms with Gasteiger partial charge in [0.05, 0.1) is 50.8 Å². The van der Waals surface area contributed by atoms with Crippen LogP contribution in [0.2, 0.25) is 0 Å². The molecule has 0 bridgehead atoms. The molecule has 2 aliphatic rings. The second-order valence-corrected chi connectivity index (χ2v) is 40.0. The summed E-state index contributed by atoms with van der Waals surface area (Å²) in [5.74, 6) is 2.82. The van der Waals surface area contributed by atoms with Crippen molar-refractivity contribution >= 4 is 178 Å². The number of benzene rings is 1. The van der Waals surface area contributed by atoms with Gasteiger partial charge in [0.2, 0.25) is 0 Å². The monoisotopic (exact) mass is 1670 g/mol. The van der Waals surface area contributed by atoms with E-state index in [1.165, 1.54) is 86.1 Å². The van der Waals surface area contributed by atoms with Crippen molar-refractivity contribution in [2.24, 2.45) is 34.0 Å². The minimum Gasteiger partial charge on any atom is -0.481 e. The number of nitrogens with zero attached hydrogens (tertiary/aromatic N) is 2. The molecule has 16 nitrogen and oxygen atoms in total. The maximum Gasteiger partial charge on any atom is 0.312 e. The minimum absolute atomic E-state index is 0.00998. The number of thiophene rings is 2. The molecule has 4 aromatic heterocycles. The van der Waals surface area contributed by atoms with Crippen LogP contribution in [0.3, 0.4) is 0 Å². The number of carboxylic acid groups (broad SMARTS) is 1. The number of H-pyrrole nitrogens is 2. The van der Waals surface area contributed by atoms with Crippen molar-refractivity contribution in [2.45, 2.75) is 289 Å². The third kappa shape index (κ3) is 40.2. The number of thiol groups is 2. The number of aliphatic carboxylic acids is 1. The lowest BCUT2D eigenvalue weighted by molar-refractivity contribution is -0.171. The molecule has 2 aliphatic carbocycles. The van der Waals surface area contributed by atoms with E-state index in [9.17, 15) is 28.8 Å². The van der Waals surface area contributed by atoms with Crippen LogP contribution < -0.4 is 0 Å². The van der Waals surface area contributed by atoms with Gasteiger partial charge in [-0.25, -0.2) is 0 Å². The average Bonchev–Trinajstić information content (AvgIpc) is 1.70. The molecule has 4 unspecified atom stereocenters. The number of thioether (sulfide) groups is 4. The Morgan fingerprint density at radius 2 is 0.856 bits per heavy atom. The van der Waals surface area contributed by atoms with E-state index in [1.54, 1.807) is 71.8 Å². The molecule has 104 heavy (non-hydrogen) atoms. The number of esters is 5. The predicted octanol–water partition coefficient (Wildman–Crippen LogP) is 24.2. The number of rotatable bonds is 33. The van der Waals surface area contributed by atoms with Gasteiger partial charge in [0.25, 0.3) is 0 Å². The van der Waals surface area contributed by atoms with Crippen LogP contribution in [0.25, 0.3) is 0 Å². The van der Waals surface area contributed by atoms with Crippen molar-refractivity contribution in [3.8, 4) is 0 Å². The fourth-order valence-electron chi connectivity index (χ4n) is 8.63. The van der Waals surface area contributed by atoms with Gasteiger partial charge in [0.1, 0.15) is 31.0 Å². The molecule has 590 valence electrons. The van der Waals surface area contributed by atoms with E-state index in [-0.39, 0.29) is 69.6 Å². The minimum atomic E-state index is -0.722. The summed E-state index contributed by atoms with van der Waals surface area (Å²) >= 11 is 31.3. The van der Waals surface area contributed by atoms with Crippen LogP contribution in [0.15, 0.2) is 74.0 Å². The lowest BCUT2D eigenvalue weighted by Gasteiger charge is -2.32. The van der Waals surface area contributed by atoms with Crippen molar-refractivity contribution in [3.05, 3.63) is 67.6 Å². The van der Waals surface area contributed by atoms with Crippen molar-refractivity contribution in [1.29, 1.82) is 0 Å². The molecule has 1 aromatic carbocycles. The van der Waals surface area contributed by atoms with Crippen molar-refractivity contribution < 1.29 is 57.6 Å². The van der Waals surface area contributed by atoms with Gasteiger partial charge in [0, 0.05) is 23.0 Å². The van der Waals surface area contributed by atoms with Crippen LogP contribution in [0.1, 0.15) is 258 Å². The number of carbonyl (C=O) groups excluding carboxylic acids is 5. The first-order chi connectivity index (χ1) is 49.0. The van der Waals surface area contributed by atoms with Crippen LogP contribution >= 0.6 is 142 Å². The molecular formula is C76H122N4O12S12. The highest BCUT2D eigenvalue weighted by atomic mass is 32.2. The first-order valence-electron chi connectivity index (χ1n) is 36.5. The molecule has 0 radical (unpaired) electrons. The molecule has 2 fully saturated rings. The van der Waals surface area contributed by atoms with Gasteiger partial charge in [-0.05, 0) is 216 Å². The molecular weight excluding hydrogens is 1550 g/mol. The summed E-state index contributed by atoms with van der Waals surface area (Å²) < 4.78 is 34.7. The molecule has 0 aliphatic heterocycles. The highest BCUT2D eigenvalue weighted by Gasteiger charge is 2.41. The van der Waals surface area contributed by atoms with E-state index in [0.717, 1.165) is 109 Å². The van der Waals surface area contributed by atoms with Gasteiger partial charge >= 0.3 is 35.8 Å². The average molecular weight is 1670 g/mol. The van der Waals surface area contributed by atoms with E-state index in [4.69, 9.17) is 53.2 Å². The van der Waals surface area contributed by atoms with E-state index in [0.29, 0.717) is 41.9 Å². The molecule has 5 aromatic rings. The lowest BCUT2D eigenvalue weighted by Crippen LogP contribution is -2.37. The maximum absolute atomic E-state index is 12.0. The van der Waals surface area contributed by atoms with Gasteiger partial charge < -0.3 is 28.8 Å². The highest BCUT2D eigenvalue weighted by Crippen LogP contribution is 2.40. The highest BCUT2D eigenvalue weighted by molar-refractivity contribution is 8.02. The van der Waals surface area contributed by atoms with Crippen LogP contribution in [0.4, 0.5) is 0 Å². The van der Waals surface area contributed by atoms with Gasteiger partial charge in [0.15, 0.2) is 16.6 Å². The Morgan fingerprint density at radius 3 is 1.12 bits per heavy atom. The fraction of sp³-hybridized carbons (Fsp3) is 0.684. The Labute approximate surface area is 677 Å². The molecule has 3 N–H and O–H groups in total. The van der Waals surface area contributed by atoms with E-state index in [1.807, 2.05) is 114 Å². The summed E-state index contributed by atoms with van der Waals surface area (Å²) in [7, 11) is 0. The number of ether oxygens (including phenoxy) is 5. The lowest BCUT2D eigenvalue weighted by atomic mass is 9.89. The number of hydrogen-bond donors (Lipinski definition) is 5. The molecule has 0 spiro atoms. The van der Waals surface area contributed by atoms with Gasteiger partial charge in [-0.15, -0.1) is 71.5 Å². The van der Waals surface area contributed by atoms with E-state index in [2.05, 4.69) is 97.6 Å². The Hall–Kier alpha value is -2.90. The normalized spacial score (nSPS) is 14.6. The van der Waals surface area contributed by atoms with Gasteiger partial charge in [-0.1, -0.05) is 160 Å². The number of carboxylic acids is 1. The molecule has 28 heteroatoms. The van der Waals surface area contributed by atoms with Crippen LogP contribution in [-0.4, -0.2) is 110 Å². The fourth-order valence-corrected chi connectivity index (χ4v) is 17.3. The van der Waals surface area contributed by atoms with E-state index >= 15 is 0 Å². The Kier molecular flexibility index (Phi) is 50.6. The predicted molar refractivity (Wildman–Crippen MR) is 451 cm³/mol. The molecule has 0 saturated heterocycles. The van der Waals surface area contributed by atoms with Gasteiger partial charge in [-0.2, -0.15) is 10.2 Å². The number of aromatic nitrogens is 4. The standard InChI is InChI=1S/C13H16N2S3.2C13H24O2.2C11H16O2S3.C9H14N2O2S3.C6H12O2/c1-3-9(2)11-6-4-10(5-7-11)8-17-13-15-14-12(16)18-13;2*1-5-12(3,4)11(14)15-13(6-2)9-7-8-10-13;2*1-3-8(2)11(12)13-6-7-15-10-5-4-9(14)16-10;1-3-6(2)7(12)13-4-5-15-9-11-10-8(14)16-9;1-4-6(2,3)5(7)8/h4-7,9H,3,8H2,1-2H3,(H,14,16);2*5-10H2,1-4H3;2*4-5,8,14H,3,6-7H2,1-2H3;6H,3-5H2,1-2H3,(H,10,14);4H2,1-3H3,(H,7,8). The Morgan fingerprint density at radius 1 is 0.510 bits per heavy atom. The first kappa shape index (κ1) is 99.1. The van der Waals surface area contributed by atoms with Crippen molar-refractivity contribution in [2.75, 3.05) is 37.1 Å². The Bertz CT molecular complexity index is 3230. The number of hydrogen-bond acceptors (Lipinski definition) is 25. The molecule has 7 rings (SSSR count). The summed E-state index contributed by atoms with van der Waals surface area (Å²) in [6.07, 6.45) is 16.9. The molecule has 4 atom stereocenters. The third-order valence-corrected chi connectivity index (χ3v) is 28.0. The van der Waals surface area contributed by atoms with E-state index < -0.39 is 11.4 Å². The third-order valence-electron chi connectivity index (χ3n) is 18.5. The van der Waals surface area contributed by atoms with Crippen LogP contribution in [0.5, 0.6) is 0 Å². The molecule has 0 amide bonds. The zero-order chi connectivity index (χ0) is 78.7. The maximum atomic E-state index is 12.0. The topological polar surface area (TPSA) is 226 Å². The summed E-state index contributed by atoms with van der Waals surface area (Å²) in [6, 6.07) is 16.9. The zero-order valence-electron chi connectivity index (χ0n) is 65.2. The summed E-state index contributed by atoms with van der Waals surface area (Å²) in [5, 5.41) is 22.1. The van der Waals surface area contributed by atoms with Gasteiger partial charge in [-0.3, -0.25) is 39.0 Å². The zero-order valence-corrected chi connectivity index (χ0v) is 75.2. The van der Waals surface area contributed by atoms with Crippen LogP contribution in [0, 0.1) is 41.9 Å². The number of nitrogens with one attached hydrogen (secondary N) is 2. The van der Waals surface area contributed by atoms with Crippen LogP contribution in [-0.2, 0) is 58.2 Å². The molecule has 2 saturated carbocycles.